The Labute approximate surface area is 163 Å². The molecule has 0 fully saturated rings. The van der Waals surface area contributed by atoms with E-state index < -0.39 is 35.2 Å². The molecule has 0 unspecified atom stereocenters. The molecule has 0 aromatic heterocycles. The minimum Gasteiger partial charge on any atom is -0.497 e. The van der Waals surface area contributed by atoms with Crippen LogP contribution in [0.4, 0.5) is 18.9 Å². The monoisotopic (exact) mass is 411 g/mol. The molecule has 0 aliphatic carbocycles. The number of alkyl halides is 3. The van der Waals surface area contributed by atoms with Gasteiger partial charge in [-0.2, -0.15) is 13.2 Å². The summed E-state index contributed by atoms with van der Waals surface area (Å²) in [6, 6.07) is 3.36. The first-order chi connectivity index (χ1) is 13.6. The first-order valence-corrected chi connectivity index (χ1v) is 8.00. The van der Waals surface area contributed by atoms with Crippen LogP contribution in [-0.4, -0.2) is 45.2 Å². The molecule has 0 N–H and O–H groups in total. The van der Waals surface area contributed by atoms with E-state index in [1.54, 1.807) is 0 Å². The molecule has 2 rings (SSSR count). The van der Waals surface area contributed by atoms with E-state index in [1.807, 2.05) is 0 Å². The highest BCUT2D eigenvalue weighted by atomic mass is 19.4. The summed E-state index contributed by atoms with van der Waals surface area (Å²) in [6.07, 6.45) is 0.0151. The summed E-state index contributed by atoms with van der Waals surface area (Å²) in [5.74, 6) is -4.11. The highest BCUT2D eigenvalue weighted by Crippen LogP contribution is 2.35. The number of hydrogen-bond acceptors (Lipinski definition) is 7. The number of carbonyl (C=O) groups is 3. The number of ether oxygens (including phenoxy) is 3. The number of methoxy groups -OCH3 is 3. The zero-order chi connectivity index (χ0) is 21.8. The van der Waals surface area contributed by atoms with Crippen LogP contribution in [0.15, 0.2) is 53.9 Å². The third-order valence-electron chi connectivity index (χ3n) is 3.85. The zero-order valence-electron chi connectivity index (χ0n) is 15.6. The Hall–Kier alpha value is -3.56. The van der Waals surface area contributed by atoms with Crippen molar-refractivity contribution in [2.45, 2.75) is 6.18 Å². The topological polar surface area (TPSA) is 82.1 Å². The fourth-order valence-corrected chi connectivity index (χ4v) is 2.54. The van der Waals surface area contributed by atoms with Crippen molar-refractivity contribution in [1.29, 1.82) is 0 Å². The van der Waals surface area contributed by atoms with Gasteiger partial charge in [-0.05, 0) is 30.4 Å². The zero-order valence-corrected chi connectivity index (χ0v) is 15.6. The van der Waals surface area contributed by atoms with Crippen LogP contribution in [0.2, 0.25) is 0 Å². The van der Waals surface area contributed by atoms with E-state index in [4.69, 9.17) is 4.74 Å². The molecule has 1 heterocycles. The number of rotatable bonds is 5. The molecule has 0 bridgehead atoms. The lowest BCUT2D eigenvalue weighted by Crippen LogP contribution is -2.30. The van der Waals surface area contributed by atoms with Crippen LogP contribution in [-0.2, 0) is 19.1 Å². The Morgan fingerprint density at radius 3 is 2.17 bits per heavy atom. The molecule has 0 spiro atoms. The molecule has 0 atom stereocenters. The molecule has 0 amide bonds. The average molecular weight is 411 g/mol. The van der Waals surface area contributed by atoms with Gasteiger partial charge in [0.15, 0.2) is 0 Å². The largest absolute Gasteiger partial charge is 0.497 e. The molecule has 29 heavy (non-hydrogen) atoms. The van der Waals surface area contributed by atoms with Crippen LogP contribution in [0.25, 0.3) is 0 Å². The lowest BCUT2D eigenvalue weighted by Gasteiger charge is -2.25. The van der Waals surface area contributed by atoms with Crippen LogP contribution in [0, 0.1) is 0 Å². The number of anilines is 1. The van der Waals surface area contributed by atoms with Crippen LogP contribution in [0.5, 0.6) is 5.75 Å². The normalized spacial score (nSPS) is 13.8. The Kier molecular flexibility index (Phi) is 6.47. The molecular weight excluding hydrogens is 395 g/mol. The van der Waals surface area contributed by atoms with Crippen molar-refractivity contribution in [3.63, 3.8) is 0 Å². The number of nitrogens with zero attached hydrogens (tertiary/aromatic N) is 1. The summed E-state index contributed by atoms with van der Waals surface area (Å²) >= 11 is 0. The molecular formula is C19H16F3NO6. The predicted octanol–water partition coefficient (Wildman–Crippen LogP) is 2.93. The third-order valence-corrected chi connectivity index (χ3v) is 3.85. The quantitative estimate of drug-likeness (QED) is 0.544. The van der Waals surface area contributed by atoms with Gasteiger partial charge in [0.2, 0.25) is 0 Å². The van der Waals surface area contributed by atoms with Gasteiger partial charge >= 0.3 is 18.1 Å². The molecule has 1 aromatic carbocycles. The Morgan fingerprint density at radius 2 is 1.62 bits per heavy atom. The fraction of sp³-hybridized carbons (Fsp3) is 0.211. The van der Waals surface area contributed by atoms with Gasteiger partial charge in [-0.25, -0.2) is 9.59 Å². The third kappa shape index (κ3) is 4.48. The number of ketones is 1. The van der Waals surface area contributed by atoms with E-state index in [2.05, 4.69) is 9.47 Å². The van der Waals surface area contributed by atoms with Crippen molar-refractivity contribution in [1.82, 2.24) is 0 Å². The van der Waals surface area contributed by atoms with Crippen molar-refractivity contribution in [3.8, 4) is 5.75 Å². The molecule has 7 nitrogen and oxygen atoms in total. The smallest absolute Gasteiger partial charge is 0.454 e. The van der Waals surface area contributed by atoms with Gasteiger partial charge in [0.25, 0.3) is 5.78 Å². The minimum atomic E-state index is -5.19. The van der Waals surface area contributed by atoms with Gasteiger partial charge in [-0.15, -0.1) is 0 Å². The number of halogens is 3. The standard InChI is InChI=1S/C19H16F3NO6/c1-27-11-7-8-14(13(10-11)16(24)19(20,21)22)23-9-5-4-6-12(17(25)28-2)15(23)18(26)29-3/h4-10H,1-3H3. The second kappa shape index (κ2) is 8.63. The van der Waals surface area contributed by atoms with E-state index in [0.717, 1.165) is 31.3 Å². The van der Waals surface area contributed by atoms with Gasteiger partial charge in [0.05, 0.1) is 38.2 Å². The molecule has 0 radical (unpaired) electrons. The lowest BCUT2D eigenvalue weighted by atomic mass is 10.0. The number of allylic oxidation sites excluding steroid dienone is 2. The van der Waals surface area contributed by atoms with Crippen LogP contribution in [0.1, 0.15) is 10.4 Å². The Balaban J connectivity index is 2.81. The minimum absolute atomic E-state index is 0.00457. The Morgan fingerprint density at radius 1 is 0.966 bits per heavy atom. The van der Waals surface area contributed by atoms with Gasteiger partial charge in [-0.1, -0.05) is 6.08 Å². The molecule has 0 saturated carbocycles. The first kappa shape index (κ1) is 21.7. The van der Waals surface area contributed by atoms with E-state index in [1.165, 1.54) is 37.6 Å². The highest BCUT2D eigenvalue weighted by molar-refractivity contribution is 6.09. The van der Waals surface area contributed by atoms with E-state index in [-0.39, 0.29) is 17.0 Å². The van der Waals surface area contributed by atoms with Crippen LogP contribution in [0.3, 0.4) is 0 Å². The fourth-order valence-electron chi connectivity index (χ4n) is 2.54. The maximum Gasteiger partial charge on any atom is 0.454 e. The van der Waals surface area contributed by atoms with Gasteiger partial charge in [0, 0.05) is 6.20 Å². The molecule has 154 valence electrons. The summed E-state index contributed by atoms with van der Waals surface area (Å²) in [6.45, 7) is 0. The average Bonchev–Trinajstić information content (AvgIpc) is 2.93. The molecule has 1 aromatic rings. The number of esters is 2. The lowest BCUT2D eigenvalue weighted by molar-refractivity contribution is -0.139. The van der Waals surface area contributed by atoms with Crippen LogP contribution < -0.4 is 9.64 Å². The second-order valence-corrected chi connectivity index (χ2v) is 5.53. The number of benzene rings is 1. The summed E-state index contributed by atoms with van der Waals surface area (Å²) in [7, 11) is 3.34. The molecule has 0 saturated heterocycles. The van der Waals surface area contributed by atoms with Crippen molar-refractivity contribution < 1.29 is 41.8 Å². The van der Waals surface area contributed by atoms with Crippen molar-refractivity contribution in [2.75, 3.05) is 26.2 Å². The van der Waals surface area contributed by atoms with Crippen LogP contribution >= 0.6 is 0 Å². The predicted molar refractivity (Wildman–Crippen MR) is 95.2 cm³/mol. The Bertz CT molecular complexity index is 930. The number of carbonyl (C=O) groups excluding carboxylic acids is 3. The highest BCUT2D eigenvalue weighted by Gasteiger charge is 2.42. The first-order valence-electron chi connectivity index (χ1n) is 8.00. The SMILES string of the molecule is COC(=O)C1=C(C(=O)OC)N(c2ccc(OC)cc2C(=O)C(F)(F)F)C=CC=C1. The van der Waals surface area contributed by atoms with E-state index in [9.17, 15) is 27.6 Å². The van der Waals surface area contributed by atoms with Gasteiger partial charge < -0.3 is 19.1 Å². The number of hydrogen-bond donors (Lipinski definition) is 0. The molecule has 1 aliphatic heterocycles. The number of Topliss-reactive ketones (excluding diaryl/α,β-unsaturated/α-hetero) is 1. The van der Waals surface area contributed by atoms with E-state index in [0.29, 0.717) is 0 Å². The summed E-state index contributed by atoms with van der Waals surface area (Å²) in [5.41, 5.74) is -1.79. The molecule has 10 heteroatoms. The summed E-state index contributed by atoms with van der Waals surface area (Å²) in [5, 5.41) is 0. The van der Waals surface area contributed by atoms with Crippen molar-refractivity contribution in [3.05, 3.63) is 59.5 Å². The molecule has 1 aliphatic rings. The van der Waals surface area contributed by atoms with Gasteiger partial charge in [0.1, 0.15) is 11.4 Å². The van der Waals surface area contributed by atoms with Gasteiger partial charge in [-0.3, -0.25) is 4.79 Å². The second-order valence-electron chi connectivity index (χ2n) is 5.53. The van der Waals surface area contributed by atoms with Crippen molar-refractivity contribution in [2.24, 2.45) is 0 Å². The summed E-state index contributed by atoms with van der Waals surface area (Å²) < 4.78 is 53.7. The van der Waals surface area contributed by atoms with Crippen molar-refractivity contribution >= 4 is 23.4 Å². The maximum absolute atomic E-state index is 13.2. The maximum atomic E-state index is 13.2. The summed E-state index contributed by atoms with van der Waals surface area (Å²) in [4.78, 5) is 37.5. The van der Waals surface area contributed by atoms with E-state index >= 15 is 0 Å².